The van der Waals surface area contributed by atoms with Crippen molar-refractivity contribution in [2.75, 3.05) is 11.4 Å². The first-order valence-corrected chi connectivity index (χ1v) is 8.80. The molecule has 0 bridgehead atoms. The molecule has 0 atom stereocenters. The quantitative estimate of drug-likeness (QED) is 0.692. The van der Waals surface area contributed by atoms with Gasteiger partial charge in [-0.2, -0.15) is 5.10 Å². The van der Waals surface area contributed by atoms with Gasteiger partial charge >= 0.3 is 0 Å². The second-order valence-corrected chi connectivity index (χ2v) is 6.88. The topological polar surface area (TPSA) is 75.4 Å². The van der Waals surface area contributed by atoms with Crippen molar-refractivity contribution in [2.45, 2.75) is 20.8 Å². The monoisotopic (exact) mass is 439 g/mol. The van der Waals surface area contributed by atoms with E-state index in [2.05, 4.69) is 5.10 Å². The van der Waals surface area contributed by atoms with Gasteiger partial charge in [-0.3, -0.25) is 8.99 Å². The molecule has 0 fully saturated rings. The van der Waals surface area contributed by atoms with E-state index in [0.717, 1.165) is 9.87 Å². The molecule has 8 heteroatoms. The number of nitrogens with zero attached hydrogens (tertiary/aromatic N) is 3. The van der Waals surface area contributed by atoms with Crippen LogP contribution >= 0.6 is 0 Å². The third kappa shape index (κ3) is 3.83. The first kappa shape index (κ1) is 23.8. The smallest absolute Gasteiger partial charge is 0.269 e. The van der Waals surface area contributed by atoms with Crippen LogP contribution in [0, 0.1) is 14.4 Å². The van der Waals surface area contributed by atoms with Crippen LogP contribution in [-0.2, 0) is 49.8 Å². The molecule has 0 amide bonds. The standard InChI is InChI=1S/C14H15N3O3S.C2H6.CH3.Y/c1-9-6-4-5-7-10(9)13-12(18)11-8-15-16(2)14(11)17(3)21(13,19)20;1-2;;/h4-8,18H,1-3H3;1-2H3;1H3;/q;;-1;. The Kier molecular flexibility index (Phi) is 8.54. The molecule has 0 spiro atoms. The molecule has 1 aromatic carbocycles. The Hall–Kier alpha value is -1.18. The molecule has 1 aliphatic heterocycles. The van der Waals surface area contributed by atoms with E-state index in [0.29, 0.717) is 16.9 Å². The van der Waals surface area contributed by atoms with Crippen molar-refractivity contribution >= 4 is 26.5 Å². The van der Waals surface area contributed by atoms with Gasteiger partial charge in [-0.05, 0) is 12.5 Å². The van der Waals surface area contributed by atoms with E-state index in [1.165, 1.54) is 17.9 Å². The predicted octanol–water partition coefficient (Wildman–Crippen LogP) is 3.37. The zero-order valence-corrected chi connectivity index (χ0v) is 19.1. The van der Waals surface area contributed by atoms with Gasteiger partial charge in [0.1, 0.15) is 10.7 Å². The number of hydrogen-bond donors (Lipinski definition) is 1. The Morgan fingerprint density at radius 1 is 1.08 bits per heavy atom. The number of aromatic nitrogens is 2. The molecular weight excluding hydrogens is 415 g/mol. The minimum Gasteiger partial charge on any atom is -0.506 e. The molecule has 1 N–H and O–H groups in total. The van der Waals surface area contributed by atoms with Gasteiger partial charge in [0.2, 0.25) is 0 Å². The maximum absolute atomic E-state index is 12.8. The van der Waals surface area contributed by atoms with Gasteiger partial charge in [0, 0.05) is 52.4 Å². The summed E-state index contributed by atoms with van der Waals surface area (Å²) < 4.78 is 28.1. The fourth-order valence-electron chi connectivity index (χ4n) is 2.56. The van der Waals surface area contributed by atoms with Crippen LogP contribution < -0.4 is 4.31 Å². The molecule has 1 aromatic heterocycles. The van der Waals surface area contributed by atoms with Crippen molar-refractivity contribution in [2.24, 2.45) is 7.05 Å². The zero-order valence-electron chi connectivity index (χ0n) is 15.5. The SMILES string of the molecule is CC.Cc1ccccc1C1=C(O)c2cnn(C)c2N(C)S1(=O)=O.[CH3-].[Y]. The maximum Gasteiger partial charge on any atom is 0.269 e. The van der Waals surface area contributed by atoms with Crippen molar-refractivity contribution in [3.63, 3.8) is 0 Å². The third-order valence-corrected chi connectivity index (χ3v) is 5.51. The first-order valence-electron chi connectivity index (χ1n) is 7.36. The molecule has 0 unspecified atom stereocenters. The maximum atomic E-state index is 12.8. The molecule has 2 aromatic rings. The van der Waals surface area contributed by atoms with E-state index < -0.39 is 10.0 Å². The second-order valence-electron chi connectivity index (χ2n) is 4.97. The van der Waals surface area contributed by atoms with Gasteiger partial charge in [0.25, 0.3) is 10.0 Å². The van der Waals surface area contributed by atoms with Crippen LogP contribution in [0.2, 0.25) is 0 Å². The Morgan fingerprint density at radius 2 is 1.64 bits per heavy atom. The largest absolute Gasteiger partial charge is 0.506 e. The summed E-state index contributed by atoms with van der Waals surface area (Å²) >= 11 is 0. The average molecular weight is 439 g/mol. The number of rotatable bonds is 1. The van der Waals surface area contributed by atoms with Crippen LogP contribution in [0.4, 0.5) is 5.82 Å². The molecule has 2 heterocycles. The Labute approximate surface area is 175 Å². The molecular formula is C17H24N3O3SY-. The van der Waals surface area contributed by atoms with E-state index >= 15 is 0 Å². The van der Waals surface area contributed by atoms with Crippen molar-refractivity contribution in [1.29, 1.82) is 0 Å². The summed E-state index contributed by atoms with van der Waals surface area (Å²) in [4.78, 5) is -0.0800. The van der Waals surface area contributed by atoms with Gasteiger partial charge < -0.3 is 12.5 Å². The molecule has 3 rings (SSSR count). The number of benzene rings is 1. The van der Waals surface area contributed by atoms with Crippen molar-refractivity contribution in [3.8, 4) is 0 Å². The average Bonchev–Trinajstić information content (AvgIpc) is 2.91. The van der Waals surface area contributed by atoms with E-state index in [9.17, 15) is 13.5 Å². The summed E-state index contributed by atoms with van der Waals surface area (Å²) in [5.41, 5.74) is 1.69. The van der Waals surface area contributed by atoms with Crippen LogP contribution in [0.25, 0.3) is 10.7 Å². The minimum atomic E-state index is -3.83. The number of aliphatic hydroxyl groups excluding tert-OH is 1. The molecule has 1 aliphatic rings. The summed E-state index contributed by atoms with van der Waals surface area (Å²) in [7, 11) is -0.736. The number of sulfonamides is 1. The summed E-state index contributed by atoms with van der Waals surface area (Å²) in [5, 5.41) is 14.5. The van der Waals surface area contributed by atoms with Crippen molar-refractivity contribution in [3.05, 3.63) is 54.6 Å². The van der Waals surface area contributed by atoms with Gasteiger partial charge in [-0.25, -0.2) is 8.42 Å². The van der Waals surface area contributed by atoms with Gasteiger partial charge in [0.15, 0.2) is 5.82 Å². The summed E-state index contributed by atoms with van der Waals surface area (Å²) in [6.07, 6.45) is 1.47. The summed E-state index contributed by atoms with van der Waals surface area (Å²) in [6.45, 7) is 5.81. The summed E-state index contributed by atoms with van der Waals surface area (Å²) in [5.74, 6) is 0.0929. The number of anilines is 1. The Morgan fingerprint density at radius 3 is 2.20 bits per heavy atom. The van der Waals surface area contributed by atoms with Gasteiger partial charge in [-0.15, -0.1) is 0 Å². The number of aliphatic hydroxyl groups is 1. The molecule has 6 nitrogen and oxygen atoms in total. The number of hydrogen-bond acceptors (Lipinski definition) is 4. The van der Waals surface area contributed by atoms with E-state index in [4.69, 9.17) is 0 Å². The normalized spacial score (nSPS) is 14.5. The van der Waals surface area contributed by atoms with Crippen LogP contribution in [0.3, 0.4) is 0 Å². The third-order valence-electron chi connectivity index (χ3n) is 3.68. The van der Waals surface area contributed by atoms with Crippen LogP contribution in [0.5, 0.6) is 0 Å². The van der Waals surface area contributed by atoms with Crippen LogP contribution in [0.15, 0.2) is 30.5 Å². The number of fused-ring (bicyclic) bond motifs is 1. The molecule has 1 radical (unpaired) electrons. The van der Waals surface area contributed by atoms with Gasteiger partial charge in [0.05, 0.1) is 11.8 Å². The van der Waals surface area contributed by atoms with Crippen molar-refractivity contribution in [1.82, 2.24) is 9.78 Å². The fourth-order valence-corrected chi connectivity index (χ4v) is 4.14. The summed E-state index contributed by atoms with van der Waals surface area (Å²) in [6, 6.07) is 7.07. The van der Waals surface area contributed by atoms with E-state index in [1.54, 1.807) is 19.2 Å². The zero-order chi connectivity index (χ0) is 17.4. The van der Waals surface area contributed by atoms with Crippen LogP contribution in [-0.4, -0.2) is 30.4 Å². The van der Waals surface area contributed by atoms with E-state index in [-0.39, 0.29) is 50.8 Å². The Balaban J connectivity index is 0.00000139. The minimum absolute atomic E-state index is 0. The van der Waals surface area contributed by atoms with E-state index in [1.807, 2.05) is 32.9 Å². The van der Waals surface area contributed by atoms with Crippen molar-refractivity contribution < 1.29 is 46.2 Å². The molecule has 135 valence electrons. The Bertz CT molecular complexity index is 873. The molecule has 25 heavy (non-hydrogen) atoms. The second kappa shape index (κ2) is 8.96. The molecule has 0 saturated heterocycles. The predicted molar refractivity (Wildman–Crippen MR) is 98.9 cm³/mol. The van der Waals surface area contributed by atoms with Gasteiger partial charge in [-0.1, -0.05) is 38.1 Å². The molecule has 0 saturated carbocycles. The fraction of sp³-hybridized carbons (Fsp3) is 0.294. The number of aryl methyl sites for hydroxylation is 2. The first-order chi connectivity index (χ1) is 10.9. The van der Waals surface area contributed by atoms with Crippen LogP contribution in [0.1, 0.15) is 30.5 Å². The molecule has 0 aliphatic carbocycles.